The number of rotatable bonds is 5. The molecule has 1 aliphatic rings. The largest absolute Gasteiger partial charge is 0.376 e. The van der Waals surface area contributed by atoms with Gasteiger partial charge in [-0.2, -0.15) is 10.1 Å². The maximum atomic E-state index is 5.57. The molecular weight excluding hydrogens is 334 g/mol. The fourth-order valence-electron chi connectivity index (χ4n) is 2.15. The number of nitrogens with zero attached hydrogens (tertiary/aromatic N) is 3. The highest BCUT2D eigenvalue weighted by molar-refractivity contribution is 9.10. The maximum Gasteiger partial charge on any atom is 0.249 e. The fraction of sp³-hybridized carbons (Fsp3) is 0.357. The first-order valence-corrected chi connectivity index (χ1v) is 7.67. The highest BCUT2D eigenvalue weighted by atomic mass is 79.9. The Morgan fingerprint density at radius 2 is 2.24 bits per heavy atom. The molecule has 0 spiro atoms. The number of anilines is 3. The Bertz CT molecular complexity index is 603. The van der Waals surface area contributed by atoms with Gasteiger partial charge in [-0.1, -0.05) is 12.1 Å². The zero-order valence-electron chi connectivity index (χ0n) is 11.4. The van der Waals surface area contributed by atoms with E-state index in [1.165, 1.54) is 0 Å². The Balaban J connectivity index is 1.64. The Kier molecular flexibility index (Phi) is 4.62. The summed E-state index contributed by atoms with van der Waals surface area (Å²) < 4.78 is 6.52. The van der Waals surface area contributed by atoms with Crippen molar-refractivity contribution in [3.05, 3.63) is 34.9 Å². The van der Waals surface area contributed by atoms with E-state index in [2.05, 4.69) is 41.7 Å². The van der Waals surface area contributed by atoms with Gasteiger partial charge in [-0.05, 0) is 40.9 Å². The zero-order chi connectivity index (χ0) is 14.5. The van der Waals surface area contributed by atoms with Crippen LogP contribution < -0.4 is 10.6 Å². The van der Waals surface area contributed by atoms with E-state index in [0.717, 1.165) is 36.2 Å². The number of ether oxygens (including phenoxy) is 1. The molecule has 110 valence electrons. The summed E-state index contributed by atoms with van der Waals surface area (Å²) in [6.07, 6.45) is 4.09. The van der Waals surface area contributed by atoms with E-state index in [1.807, 2.05) is 24.3 Å². The predicted octanol–water partition coefficient (Wildman–Crippen LogP) is 2.97. The molecule has 1 unspecified atom stereocenters. The van der Waals surface area contributed by atoms with E-state index < -0.39 is 0 Å². The summed E-state index contributed by atoms with van der Waals surface area (Å²) in [7, 11) is 0. The second-order valence-corrected chi connectivity index (χ2v) is 5.64. The molecule has 1 saturated heterocycles. The van der Waals surface area contributed by atoms with Crippen LogP contribution in [0.3, 0.4) is 0 Å². The molecule has 7 heteroatoms. The molecule has 0 amide bonds. The van der Waals surface area contributed by atoms with Gasteiger partial charge in [0.1, 0.15) is 0 Å². The van der Waals surface area contributed by atoms with Gasteiger partial charge in [0.15, 0.2) is 5.82 Å². The lowest BCUT2D eigenvalue weighted by Gasteiger charge is -2.11. The van der Waals surface area contributed by atoms with E-state index in [9.17, 15) is 0 Å². The number of para-hydroxylation sites is 1. The Morgan fingerprint density at radius 1 is 1.33 bits per heavy atom. The van der Waals surface area contributed by atoms with Crippen molar-refractivity contribution >= 4 is 33.4 Å². The topological polar surface area (TPSA) is 72.0 Å². The van der Waals surface area contributed by atoms with Crippen molar-refractivity contribution in [3.63, 3.8) is 0 Å². The van der Waals surface area contributed by atoms with Gasteiger partial charge in [-0.3, -0.25) is 0 Å². The van der Waals surface area contributed by atoms with Gasteiger partial charge in [0.2, 0.25) is 5.95 Å². The molecule has 2 N–H and O–H groups in total. The van der Waals surface area contributed by atoms with Crippen LogP contribution in [0.5, 0.6) is 0 Å². The number of hydrogen-bond donors (Lipinski definition) is 2. The number of benzene rings is 1. The average molecular weight is 350 g/mol. The molecule has 0 radical (unpaired) electrons. The number of nitrogens with one attached hydrogen (secondary N) is 2. The van der Waals surface area contributed by atoms with Gasteiger partial charge in [0, 0.05) is 17.6 Å². The molecule has 3 rings (SSSR count). The molecule has 21 heavy (non-hydrogen) atoms. The second kappa shape index (κ2) is 6.82. The lowest BCUT2D eigenvalue weighted by Crippen LogP contribution is -2.19. The summed E-state index contributed by atoms with van der Waals surface area (Å²) in [6.45, 7) is 1.59. The summed E-state index contributed by atoms with van der Waals surface area (Å²) in [4.78, 5) is 4.40. The first-order valence-electron chi connectivity index (χ1n) is 6.88. The number of hydrogen-bond acceptors (Lipinski definition) is 6. The normalized spacial score (nSPS) is 17.7. The summed E-state index contributed by atoms with van der Waals surface area (Å²) in [5.74, 6) is 1.15. The lowest BCUT2D eigenvalue weighted by atomic mass is 10.2. The van der Waals surface area contributed by atoms with E-state index in [1.54, 1.807) is 6.20 Å². The zero-order valence-corrected chi connectivity index (χ0v) is 13.0. The van der Waals surface area contributed by atoms with Crippen molar-refractivity contribution in [1.82, 2.24) is 15.2 Å². The van der Waals surface area contributed by atoms with Crippen molar-refractivity contribution in [3.8, 4) is 0 Å². The molecule has 6 nitrogen and oxygen atoms in total. The third kappa shape index (κ3) is 3.89. The SMILES string of the molecule is Brc1ccccc1Nc1nncc(NCC2CCCO2)n1. The highest BCUT2D eigenvalue weighted by Gasteiger charge is 2.15. The van der Waals surface area contributed by atoms with Gasteiger partial charge in [-0.15, -0.1) is 5.10 Å². The monoisotopic (exact) mass is 349 g/mol. The van der Waals surface area contributed by atoms with Gasteiger partial charge >= 0.3 is 0 Å². The van der Waals surface area contributed by atoms with E-state index >= 15 is 0 Å². The third-order valence-corrected chi connectivity index (χ3v) is 3.91. The maximum absolute atomic E-state index is 5.57. The summed E-state index contributed by atoms with van der Waals surface area (Å²) in [6, 6.07) is 7.79. The summed E-state index contributed by atoms with van der Waals surface area (Å²) in [5, 5.41) is 14.3. The van der Waals surface area contributed by atoms with E-state index in [0.29, 0.717) is 11.8 Å². The van der Waals surface area contributed by atoms with Crippen molar-refractivity contribution in [2.24, 2.45) is 0 Å². The van der Waals surface area contributed by atoms with Crippen molar-refractivity contribution in [2.75, 3.05) is 23.8 Å². The number of aromatic nitrogens is 3. The first kappa shape index (κ1) is 14.2. The molecule has 1 aliphatic heterocycles. The predicted molar refractivity (Wildman–Crippen MR) is 84.7 cm³/mol. The van der Waals surface area contributed by atoms with Gasteiger partial charge in [0.25, 0.3) is 0 Å². The van der Waals surface area contributed by atoms with E-state index in [4.69, 9.17) is 4.74 Å². The second-order valence-electron chi connectivity index (χ2n) is 4.79. The van der Waals surface area contributed by atoms with Crippen LogP contribution in [-0.4, -0.2) is 34.4 Å². The molecule has 0 aliphatic carbocycles. The van der Waals surface area contributed by atoms with Crippen LogP contribution in [-0.2, 0) is 4.74 Å². The Labute approximate surface area is 131 Å². The average Bonchev–Trinajstić information content (AvgIpc) is 3.01. The Hall–Kier alpha value is -1.73. The standard InChI is InChI=1S/C14H16BrN5O/c15-11-5-1-2-6-12(11)18-14-19-13(9-17-20-14)16-8-10-4-3-7-21-10/h1-2,5-6,9-10H,3-4,7-8H2,(H2,16,18,19,20). The smallest absolute Gasteiger partial charge is 0.249 e. The molecule has 0 bridgehead atoms. The van der Waals surface area contributed by atoms with Crippen LogP contribution in [0.25, 0.3) is 0 Å². The molecule has 0 saturated carbocycles. The molecule has 1 aromatic carbocycles. The minimum absolute atomic E-state index is 0.264. The van der Waals surface area contributed by atoms with Gasteiger partial charge in [0.05, 0.1) is 18.0 Å². The van der Waals surface area contributed by atoms with Crippen LogP contribution in [0.4, 0.5) is 17.5 Å². The molecule has 2 heterocycles. The highest BCUT2D eigenvalue weighted by Crippen LogP contribution is 2.23. The van der Waals surface area contributed by atoms with Gasteiger partial charge in [-0.25, -0.2) is 0 Å². The van der Waals surface area contributed by atoms with Crippen LogP contribution in [0.1, 0.15) is 12.8 Å². The summed E-state index contributed by atoms with van der Waals surface area (Å²) in [5.41, 5.74) is 0.899. The number of halogens is 1. The van der Waals surface area contributed by atoms with Crippen molar-refractivity contribution in [1.29, 1.82) is 0 Å². The first-order chi connectivity index (χ1) is 10.3. The van der Waals surface area contributed by atoms with Crippen molar-refractivity contribution in [2.45, 2.75) is 18.9 Å². The Morgan fingerprint density at radius 3 is 3.05 bits per heavy atom. The van der Waals surface area contributed by atoms with Crippen LogP contribution in [0, 0.1) is 0 Å². The van der Waals surface area contributed by atoms with Crippen LogP contribution in [0.2, 0.25) is 0 Å². The minimum Gasteiger partial charge on any atom is -0.376 e. The molecule has 1 aromatic heterocycles. The third-order valence-electron chi connectivity index (χ3n) is 3.21. The molecule has 1 atom stereocenters. The lowest BCUT2D eigenvalue weighted by molar-refractivity contribution is 0.120. The van der Waals surface area contributed by atoms with E-state index in [-0.39, 0.29) is 6.10 Å². The van der Waals surface area contributed by atoms with Crippen LogP contribution in [0.15, 0.2) is 34.9 Å². The quantitative estimate of drug-likeness (QED) is 0.864. The fourth-order valence-corrected chi connectivity index (χ4v) is 2.53. The van der Waals surface area contributed by atoms with Gasteiger partial charge < -0.3 is 15.4 Å². The molecule has 2 aromatic rings. The minimum atomic E-state index is 0.264. The molecule has 1 fully saturated rings. The van der Waals surface area contributed by atoms with Crippen molar-refractivity contribution < 1.29 is 4.74 Å². The summed E-state index contributed by atoms with van der Waals surface area (Å²) >= 11 is 3.48. The van der Waals surface area contributed by atoms with Crippen LogP contribution >= 0.6 is 15.9 Å². The molecular formula is C14H16BrN5O.